The predicted molar refractivity (Wildman–Crippen MR) is 49.3 cm³/mol. The van der Waals surface area contributed by atoms with Crippen molar-refractivity contribution in [3.05, 3.63) is 11.1 Å². The van der Waals surface area contributed by atoms with Gasteiger partial charge in [-0.25, -0.2) is 4.98 Å². The number of carbonyl (C=O) groups excluding carboxylic acids is 1. The SMILES string of the molecule is CON=C(C(N)=O)c1csc(N)n1. The second kappa shape index (κ2) is 3.85. The fourth-order valence-electron chi connectivity index (χ4n) is 0.706. The molecular formula is C6H8N4O2S. The number of thiazole rings is 1. The highest BCUT2D eigenvalue weighted by atomic mass is 32.1. The van der Waals surface area contributed by atoms with Gasteiger partial charge in [0, 0.05) is 5.38 Å². The van der Waals surface area contributed by atoms with Crippen molar-refractivity contribution in [1.82, 2.24) is 4.98 Å². The number of hydrogen-bond acceptors (Lipinski definition) is 6. The van der Waals surface area contributed by atoms with Crippen LogP contribution in [0.4, 0.5) is 5.13 Å². The Hall–Kier alpha value is -1.63. The van der Waals surface area contributed by atoms with Crippen molar-refractivity contribution < 1.29 is 9.63 Å². The molecule has 1 aromatic heterocycles. The third-order valence-electron chi connectivity index (χ3n) is 1.18. The molecule has 0 aliphatic carbocycles. The molecule has 0 unspecified atom stereocenters. The number of nitrogen functional groups attached to an aromatic ring is 1. The molecule has 4 N–H and O–H groups in total. The van der Waals surface area contributed by atoms with Crippen LogP contribution in [-0.2, 0) is 9.63 Å². The molecule has 1 heterocycles. The van der Waals surface area contributed by atoms with E-state index in [0.717, 1.165) is 0 Å². The largest absolute Gasteiger partial charge is 0.398 e. The van der Waals surface area contributed by atoms with Gasteiger partial charge >= 0.3 is 0 Å². The van der Waals surface area contributed by atoms with Gasteiger partial charge in [-0.1, -0.05) is 5.16 Å². The number of aromatic nitrogens is 1. The highest BCUT2D eigenvalue weighted by Gasteiger charge is 2.14. The molecule has 13 heavy (non-hydrogen) atoms. The highest BCUT2D eigenvalue weighted by molar-refractivity contribution is 7.13. The molecule has 0 spiro atoms. The topological polar surface area (TPSA) is 104 Å². The summed E-state index contributed by atoms with van der Waals surface area (Å²) in [6.45, 7) is 0. The highest BCUT2D eigenvalue weighted by Crippen LogP contribution is 2.11. The number of anilines is 1. The van der Waals surface area contributed by atoms with Crippen LogP contribution in [0.15, 0.2) is 10.5 Å². The van der Waals surface area contributed by atoms with Crippen molar-refractivity contribution >= 4 is 28.1 Å². The van der Waals surface area contributed by atoms with Gasteiger partial charge in [0.05, 0.1) is 0 Å². The summed E-state index contributed by atoms with van der Waals surface area (Å²) in [6, 6.07) is 0. The number of oxime groups is 1. The van der Waals surface area contributed by atoms with Crippen molar-refractivity contribution in [2.45, 2.75) is 0 Å². The molecule has 7 heteroatoms. The fourth-order valence-corrected chi connectivity index (χ4v) is 1.25. The third kappa shape index (κ3) is 2.15. The summed E-state index contributed by atoms with van der Waals surface area (Å²) in [5.74, 6) is -0.702. The predicted octanol–water partition coefficient (Wildman–Crippen LogP) is -0.439. The van der Waals surface area contributed by atoms with E-state index in [2.05, 4.69) is 15.0 Å². The quantitative estimate of drug-likeness (QED) is 0.510. The standard InChI is InChI=1S/C6H8N4O2S/c1-12-10-4(5(7)11)3-2-13-6(8)9-3/h2H,1H3,(H2,7,11)(H2,8,9). The summed E-state index contributed by atoms with van der Waals surface area (Å²) in [5, 5.41) is 5.37. The van der Waals surface area contributed by atoms with E-state index in [-0.39, 0.29) is 5.71 Å². The van der Waals surface area contributed by atoms with E-state index in [9.17, 15) is 4.79 Å². The Morgan fingerprint density at radius 2 is 2.46 bits per heavy atom. The molecule has 1 amide bonds. The molecule has 70 valence electrons. The van der Waals surface area contributed by atoms with Crippen molar-refractivity contribution in [2.75, 3.05) is 12.8 Å². The molecule has 0 fully saturated rings. The molecule has 0 aromatic carbocycles. The van der Waals surface area contributed by atoms with E-state index < -0.39 is 5.91 Å². The molecule has 0 bridgehead atoms. The maximum Gasteiger partial charge on any atom is 0.273 e. The van der Waals surface area contributed by atoms with Crippen LogP contribution in [0.5, 0.6) is 0 Å². The number of rotatable bonds is 3. The Labute approximate surface area is 78.2 Å². The summed E-state index contributed by atoms with van der Waals surface area (Å²) < 4.78 is 0. The number of nitrogens with zero attached hydrogens (tertiary/aromatic N) is 2. The molecule has 0 aliphatic heterocycles. The first-order valence-electron chi connectivity index (χ1n) is 3.27. The Kier molecular flexibility index (Phi) is 2.80. The van der Waals surface area contributed by atoms with Crippen LogP contribution < -0.4 is 11.5 Å². The maximum absolute atomic E-state index is 10.8. The van der Waals surface area contributed by atoms with Gasteiger partial charge in [0.25, 0.3) is 5.91 Å². The van der Waals surface area contributed by atoms with E-state index in [1.165, 1.54) is 18.4 Å². The molecule has 1 rings (SSSR count). The molecule has 1 aromatic rings. The zero-order valence-corrected chi connectivity index (χ0v) is 7.67. The summed E-state index contributed by atoms with van der Waals surface area (Å²) in [5.41, 5.74) is 10.7. The Morgan fingerprint density at radius 1 is 1.77 bits per heavy atom. The van der Waals surface area contributed by atoms with Crippen molar-refractivity contribution in [3.63, 3.8) is 0 Å². The van der Waals surface area contributed by atoms with Crippen LogP contribution in [-0.4, -0.2) is 23.7 Å². The normalized spacial score (nSPS) is 11.3. The first-order valence-corrected chi connectivity index (χ1v) is 4.15. The lowest BCUT2D eigenvalue weighted by atomic mass is 10.3. The first kappa shape index (κ1) is 9.46. The van der Waals surface area contributed by atoms with Crippen LogP contribution in [0.2, 0.25) is 0 Å². The number of carbonyl (C=O) groups is 1. The lowest BCUT2D eigenvalue weighted by Gasteiger charge is -1.95. The van der Waals surface area contributed by atoms with Gasteiger partial charge in [-0.05, 0) is 0 Å². The average molecular weight is 200 g/mol. The minimum Gasteiger partial charge on any atom is -0.398 e. The lowest BCUT2D eigenvalue weighted by molar-refractivity contribution is -0.112. The fraction of sp³-hybridized carbons (Fsp3) is 0.167. The molecule has 0 atom stereocenters. The molecule has 0 radical (unpaired) electrons. The van der Waals surface area contributed by atoms with Crippen molar-refractivity contribution in [2.24, 2.45) is 10.9 Å². The number of amides is 1. The molecular weight excluding hydrogens is 192 g/mol. The molecule has 0 aliphatic rings. The summed E-state index contributed by atoms with van der Waals surface area (Å²) >= 11 is 1.20. The first-order chi connectivity index (χ1) is 6.15. The minimum atomic E-state index is -0.702. The van der Waals surface area contributed by atoms with E-state index in [1.54, 1.807) is 5.38 Å². The zero-order valence-electron chi connectivity index (χ0n) is 6.85. The van der Waals surface area contributed by atoms with Crippen LogP contribution in [0.1, 0.15) is 5.69 Å². The monoisotopic (exact) mass is 200 g/mol. The van der Waals surface area contributed by atoms with E-state index in [0.29, 0.717) is 10.8 Å². The summed E-state index contributed by atoms with van der Waals surface area (Å²) in [6.07, 6.45) is 0. The van der Waals surface area contributed by atoms with E-state index in [1.807, 2.05) is 0 Å². The van der Waals surface area contributed by atoms with Gasteiger partial charge in [0.15, 0.2) is 10.8 Å². The molecule has 0 saturated carbocycles. The Balaban J connectivity index is 3.02. The van der Waals surface area contributed by atoms with Crippen LogP contribution in [0, 0.1) is 0 Å². The van der Waals surface area contributed by atoms with Gasteiger partial charge in [-0.2, -0.15) is 0 Å². The Morgan fingerprint density at radius 3 is 2.85 bits per heavy atom. The van der Waals surface area contributed by atoms with Gasteiger partial charge in [-0.15, -0.1) is 11.3 Å². The van der Waals surface area contributed by atoms with E-state index >= 15 is 0 Å². The molecule has 0 saturated heterocycles. The smallest absolute Gasteiger partial charge is 0.273 e. The van der Waals surface area contributed by atoms with E-state index in [4.69, 9.17) is 11.5 Å². The van der Waals surface area contributed by atoms with Crippen LogP contribution in [0.3, 0.4) is 0 Å². The average Bonchev–Trinajstić information content (AvgIpc) is 2.46. The van der Waals surface area contributed by atoms with Gasteiger partial charge < -0.3 is 16.3 Å². The van der Waals surface area contributed by atoms with Gasteiger partial charge in [-0.3, -0.25) is 4.79 Å². The summed E-state index contributed by atoms with van der Waals surface area (Å²) in [4.78, 5) is 19.1. The second-order valence-corrected chi connectivity index (χ2v) is 2.95. The summed E-state index contributed by atoms with van der Waals surface area (Å²) in [7, 11) is 1.32. The lowest BCUT2D eigenvalue weighted by Crippen LogP contribution is -2.24. The zero-order chi connectivity index (χ0) is 9.84. The second-order valence-electron chi connectivity index (χ2n) is 2.06. The van der Waals surface area contributed by atoms with Crippen molar-refractivity contribution in [3.8, 4) is 0 Å². The van der Waals surface area contributed by atoms with Crippen LogP contribution >= 0.6 is 11.3 Å². The van der Waals surface area contributed by atoms with Crippen molar-refractivity contribution in [1.29, 1.82) is 0 Å². The van der Waals surface area contributed by atoms with Gasteiger partial charge in [0.2, 0.25) is 0 Å². The third-order valence-corrected chi connectivity index (χ3v) is 1.85. The Bertz CT molecular complexity index is 346. The number of nitrogens with two attached hydrogens (primary N) is 2. The minimum absolute atomic E-state index is 0.0320. The van der Waals surface area contributed by atoms with Crippen LogP contribution in [0.25, 0.3) is 0 Å². The molecule has 6 nitrogen and oxygen atoms in total. The number of hydrogen-bond donors (Lipinski definition) is 2. The maximum atomic E-state index is 10.8. The number of primary amides is 1. The van der Waals surface area contributed by atoms with Gasteiger partial charge in [0.1, 0.15) is 12.8 Å².